The van der Waals surface area contributed by atoms with Crippen LogP contribution in [0.2, 0.25) is 0 Å². The number of hydrogen-bond acceptors (Lipinski definition) is 5. The van der Waals surface area contributed by atoms with Crippen molar-refractivity contribution in [2.75, 3.05) is 13.1 Å². The molecule has 0 aliphatic carbocycles. The lowest BCUT2D eigenvalue weighted by Crippen LogP contribution is -2.50. The minimum atomic E-state index is -0.430. The van der Waals surface area contributed by atoms with E-state index in [9.17, 15) is 19.2 Å². The number of aromatic nitrogens is 1. The predicted molar refractivity (Wildman–Crippen MR) is 139 cm³/mol. The minimum Gasteiger partial charge on any atom is -0.345 e. The summed E-state index contributed by atoms with van der Waals surface area (Å²) in [6.45, 7) is 2.11. The summed E-state index contributed by atoms with van der Waals surface area (Å²) in [6.07, 6.45) is 1.66. The highest BCUT2D eigenvalue weighted by Gasteiger charge is 2.36. The zero-order valence-corrected chi connectivity index (χ0v) is 21.3. The first-order valence-electron chi connectivity index (χ1n) is 10.7. The fraction of sp³-hybridized carbons (Fsp3) is 0.250. The first kappa shape index (κ1) is 24.1. The highest BCUT2D eigenvalue weighted by atomic mass is 127. The molecule has 2 aromatic heterocycles. The fourth-order valence-corrected chi connectivity index (χ4v) is 5.31. The molecule has 3 aromatic rings. The van der Waals surface area contributed by atoms with Crippen molar-refractivity contribution in [1.29, 1.82) is 0 Å². The number of hydrogen-bond donors (Lipinski definition) is 2. The average molecular weight is 590 g/mol. The van der Waals surface area contributed by atoms with Gasteiger partial charge in [0.05, 0.1) is 17.0 Å². The third-order valence-corrected chi connectivity index (χ3v) is 8.07. The standard InChI is InChI=1S/C24H23IN4O4S/c1-15(30)28-13-19(20(14-28)27-24(33)21-10-9-18(12-25)34-21)26-23(32)16-5-7-17(8-6-16)29-11-3-2-4-22(29)31/h2-11,19-20H,12-14H2,1H3,(H,26,32)(H,27,33)/t19-,20+/m0/s1. The lowest BCUT2D eigenvalue weighted by molar-refractivity contribution is -0.127. The van der Waals surface area contributed by atoms with E-state index in [2.05, 4.69) is 33.2 Å². The molecule has 1 saturated heterocycles. The summed E-state index contributed by atoms with van der Waals surface area (Å²) in [4.78, 5) is 53.0. The Labute approximate surface area is 214 Å². The van der Waals surface area contributed by atoms with Crippen LogP contribution in [0.5, 0.6) is 0 Å². The van der Waals surface area contributed by atoms with E-state index in [0.717, 1.165) is 9.30 Å². The highest BCUT2D eigenvalue weighted by molar-refractivity contribution is 14.1. The molecule has 1 aliphatic rings. The molecular weight excluding hydrogens is 567 g/mol. The van der Waals surface area contributed by atoms with Crippen molar-refractivity contribution in [2.24, 2.45) is 0 Å². The van der Waals surface area contributed by atoms with Crippen molar-refractivity contribution in [2.45, 2.75) is 23.4 Å². The molecule has 0 unspecified atom stereocenters. The number of thiophene rings is 1. The number of carbonyl (C=O) groups excluding carboxylic acids is 3. The number of likely N-dealkylation sites (tertiary alicyclic amines) is 1. The molecule has 1 fully saturated rings. The van der Waals surface area contributed by atoms with Crippen LogP contribution in [0, 0.1) is 0 Å². The molecule has 1 aromatic carbocycles. The van der Waals surface area contributed by atoms with E-state index in [4.69, 9.17) is 0 Å². The molecule has 0 bridgehead atoms. The zero-order valence-electron chi connectivity index (χ0n) is 18.4. The number of nitrogens with zero attached hydrogens (tertiary/aromatic N) is 2. The van der Waals surface area contributed by atoms with E-state index in [-0.39, 0.29) is 23.3 Å². The maximum atomic E-state index is 12.9. The number of alkyl halides is 1. The van der Waals surface area contributed by atoms with E-state index in [1.807, 2.05) is 6.07 Å². The van der Waals surface area contributed by atoms with Crippen molar-refractivity contribution in [3.8, 4) is 5.69 Å². The first-order valence-corrected chi connectivity index (χ1v) is 13.0. The van der Waals surface area contributed by atoms with Crippen LogP contribution in [0.1, 0.15) is 31.8 Å². The van der Waals surface area contributed by atoms with Crippen LogP contribution in [-0.2, 0) is 9.22 Å². The van der Waals surface area contributed by atoms with Crippen molar-refractivity contribution >= 4 is 51.6 Å². The van der Waals surface area contributed by atoms with Crippen molar-refractivity contribution in [1.82, 2.24) is 20.1 Å². The Bertz CT molecular complexity index is 1270. The third kappa shape index (κ3) is 5.39. The fourth-order valence-electron chi connectivity index (χ4n) is 3.83. The summed E-state index contributed by atoms with van der Waals surface area (Å²) >= 11 is 3.68. The normalized spacial score (nSPS) is 17.4. The van der Waals surface area contributed by atoms with Gasteiger partial charge in [-0.15, -0.1) is 11.3 Å². The molecule has 0 spiro atoms. The van der Waals surface area contributed by atoms with Crippen LogP contribution in [0.25, 0.3) is 5.69 Å². The average Bonchev–Trinajstić information content (AvgIpc) is 3.47. The van der Waals surface area contributed by atoms with Crippen LogP contribution in [0.3, 0.4) is 0 Å². The third-order valence-electron chi connectivity index (χ3n) is 5.65. The quantitative estimate of drug-likeness (QED) is 0.341. The summed E-state index contributed by atoms with van der Waals surface area (Å²) in [5, 5.41) is 5.94. The number of amides is 3. The van der Waals surface area contributed by atoms with Gasteiger partial charge < -0.3 is 15.5 Å². The Kier molecular flexibility index (Phi) is 7.47. The van der Waals surface area contributed by atoms with Gasteiger partial charge in [0.1, 0.15) is 0 Å². The predicted octanol–water partition coefficient (Wildman–Crippen LogP) is 2.59. The Morgan fingerprint density at radius 3 is 2.24 bits per heavy atom. The van der Waals surface area contributed by atoms with E-state index in [1.54, 1.807) is 53.6 Å². The van der Waals surface area contributed by atoms with Gasteiger partial charge in [0.2, 0.25) is 5.91 Å². The molecule has 176 valence electrons. The lowest BCUT2D eigenvalue weighted by atomic mass is 10.1. The Morgan fingerprint density at radius 2 is 1.65 bits per heavy atom. The smallest absolute Gasteiger partial charge is 0.261 e. The summed E-state index contributed by atoms with van der Waals surface area (Å²) in [5.41, 5.74) is 0.909. The molecule has 8 nitrogen and oxygen atoms in total. The van der Waals surface area contributed by atoms with Gasteiger partial charge in [-0.05, 0) is 42.5 Å². The van der Waals surface area contributed by atoms with Crippen molar-refractivity contribution < 1.29 is 14.4 Å². The van der Waals surface area contributed by atoms with Crippen LogP contribution < -0.4 is 16.2 Å². The van der Waals surface area contributed by atoms with E-state index < -0.39 is 12.1 Å². The first-order chi connectivity index (χ1) is 16.4. The maximum absolute atomic E-state index is 12.9. The molecular formula is C24H23IN4O4S. The molecule has 4 rings (SSSR count). The van der Waals surface area contributed by atoms with E-state index in [0.29, 0.717) is 29.2 Å². The molecule has 3 amide bonds. The lowest BCUT2D eigenvalue weighted by Gasteiger charge is -2.20. The summed E-state index contributed by atoms with van der Waals surface area (Å²) in [5.74, 6) is -0.643. The molecule has 2 atom stereocenters. The second-order valence-electron chi connectivity index (χ2n) is 7.94. The van der Waals surface area contributed by atoms with E-state index in [1.165, 1.54) is 28.9 Å². The van der Waals surface area contributed by atoms with Crippen LogP contribution in [0.15, 0.2) is 65.6 Å². The van der Waals surface area contributed by atoms with Gasteiger partial charge >= 0.3 is 0 Å². The number of carbonyl (C=O) groups is 3. The van der Waals surface area contributed by atoms with Crippen LogP contribution in [0.4, 0.5) is 0 Å². The number of nitrogens with one attached hydrogen (secondary N) is 2. The number of pyridine rings is 1. The monoisotopic (exact) mass is 590 g/mol. The van der Waals surface area contributed by atoms with Gasteiger partial charge in [-0.3, -0.25) is 23.7 Å². The molecule has 3 heterocycles. The second kappa shape index (κ2) is 10.5. The number of benzene rings is 1. The minimum absolute atomic E-state index is 0.114. The van der Waals surface area contributed by atoms with Gasteiger partial charge in [-0.2, -0.15) is 0 Å². The molecule has 0 saturated carbocycles. The van der Waals surface area contributed by atoms with Gasteiger partial charge in [0.25, 0.3) is 17.4 Å². The highest BCUT2D eigenvalue weighted by Crippen LogP contribution is 2.20. The SMILES string of the molecule is CC(=O)N1C[C@H](NC(=O)c2ccc(-n3ccccc3=O)cc2)[C@H](NC(=O)c2ccc(CI)s2)C1. The summed E-state index contributed by atoms with van der Waals surface area (Å²) in [7, 11) is 0. The maximum Gasteiger partial charge on any atom is 0.261 e. The molecule has 2 N–H and O–H groups in total. The number of halogens is 1. The van der Waals surface area contributed by atoms with Gasteiger partial charge in [0, 0.05) is 52.8 Å². The zero-order chi connectivity index (χ0) is 24.2. The van der Waals surface area contributed by atoms with Crippen LogP contribution >= 0.6 is 33.9 Å². The summed E-state index contributed by atoms with van der Waals surface area (Å²) in [6, 6.07) is 14.5. The van der Waals surface area contributed by atoms with Gasteiger partial charge in [0.15, 0.2) is 0 Å². The summed E-state index contributed by atoms with van der Waals surface area (Å²) < 4.78 is 2.32. The van der Waals surface area contributed by atoms with Crippen LogP contribution in [-0.4, -0.2) is 52.4 Å². The van der Waals surface area contributed by atoms with Crippen molar-refractivity contribution in [3.05, 3.63) is 86.5 Å². The molecule has 1 aliphatic heterocycles. The number of rotatable bonds is 6. The Balaban J connectivity index is 1.46. The Morgan fingerprint density at radius 1 is 0.971 bits per heavy atom. The largest absolute Gasteiger partial charge is 0.345 e. The topological polar surface area (TPSA) is 101 Å². The molecule has 0 radical (unpaired) electrons. The molecule has 10 heteroatoms. The van der Waals surface area contributed by atoms with Gasteiger partial charge in [-0.1, -0.05) is 28.7 Å². The van der Waals surface area contributed by atoms with Crippen molar-refractivity contribution in [3.63, 3.8) is 0 Å². The van der Waals surface area contributed by atoms with E-state index >= 15 is 0 Å². The molecule has 34 heavy (non-hydrogen) atoms. The Hall–Kier alpha value is -2.99. The second-order valence-corrected chi connectivity index (χ2v) is 9.87. The van der Waals surface area contributed by atoms with Gasteiger partial charge in [-0.25, -0.2) is 0 Å².